The van der Waals surface area contributed by atoms with Crippen LogP contribution in [0.2, 0.25) is 0 Å². The lowest BCUT2D eigenvalue weighted by Crippen LogP contribution is -2.33. The van der Waals surface area contributed by atoms with Crippen LogP contribution in [0.15, 0.2) is 72.8 Å². The van der Waals surface area contributed by atoms with Crippen LogP contribution in [0, 0.1) is 20.8 Å². The molecule has 3 rings (SSSR count). The van der Waals surface area contributed by atoms with Crippen molar-refractivity contribution in [3.05, 3.63) is 101 Å². The van der Waals surface area contributed by atoms with Gasteiger partial charge in [0.05, 0.1) is 6.04 Å². The van der Waals surface area contributed by atoms with Crippen molar-refractivity contribution in [2.24, 2.45) is 0 Å². The van der Waals surface area contributed by atoms with Gasteiger partial charge >= 0.3 is 0 Å². The Kier molecular flexibility index (Phi) is 5.69. The van der Waals surface area contributed by atoms with Crippen LogP contribution in [-0.4, -0.2) is 5.11 Å². The van der Waals surface area contributed by atoms with E-state index in [2.05, 4.69) is 98.1 Å². The molecule has 0 aliphatic heterocycles. The Morgan fingerprint density at radius 3 is 2.04 bits per heavy atom. The molecule has 1 atom stereocenters. The third-order valence-electron chi connectivity index (χ3n) is 4.45. The van der Waals surface area contributed by atoms with Crippen molar-refractivity contribution in [3.63, 3.8) is 0 Å². The van der Waals surface area contributed by atoms with Crippen LogP contribution >= 0.6 is 12.2 Å². The minimum atomic E-state index is 0.00237. The molecule has 0 aliphatic carbocycles. The van der Waals surface area contributed by atoms with Crippen molar-refractivity contribution in [2.45, 2.75) is 26.8 Å². The van der Waals surface area contributed by atoms with Crippen LogP contribution in [0.25, 0.3) is 0 Å². The molecule has 0 bridgehead atoms. The zero-order chi connectivity index (χ0) is 18.5. The summed E-state index contributed by atoms with van der Waals surface area (Å²) in [6.45, 7) is 6.28. The minimum absolute atomic E-state index is 0.00237. The van der Waals surface area contributed by atoms with Crippen molar-refractivity contribution >= 4 is 23.0 Å². The van der Waals surface area contributed by atoms with E-state index >= 15 is 0 Å². The highest BCUT2D eigenvalue weighted by molar-refractivity contribution is 7.80. The number of aryl methyl sites for hydroxylation is 3. The first-order valence-electron chi connectivity index (χ1n) is 8.79. The van der Waals surface area contributed by atoms with Crippen LogP contribution in [0.1, 0.15) is 33.9 Å². The maximum atomic E-state index is 5.61. The number of hydrogen-bond acceptors (Lipinski definition) is 1. The Hall–Kier alpha value is -2.65. The molecule has 132 valence electrons. The Balaban J connectivity index is 1.83. The first-order chi connectivity index (χ1) is 12.5. The number of thiocarbonyl (C=S) groups is 1. The summed E-state index contributed by atoms with van der Waals surface area (Å²) < 4.78 is 0. The molecule has 2 nitrogen and oxygen atoms in total. The molecule has 2 N–H and O–H groups in total. The second-order valence-corrected chi connectivity index (χ2v) is 7.08. The topological polar surface area (TPSA) is 24.1 Å². The molecule has 0 aromatic heterocycles. The van der Waals surface area contributed by atoms with Crippen LogP contribution in [-0.2, 0) is 0 Å². The predicted molar refractivity (Wildman–Crippen MR) is 115 cm³/mol. The van der Waals surface area contributed by atoms with Gasteiger partial charge in [-0.05, 0) is 55.7 Å². The molecule has 0 saturated carbocycles. The largest absolute Gasteiger partial charge is 0.352 e. The van der Waals surface area contributed by atoms with E-state index in [1.165, 1.54) is 27.8 Å². The van der Waals surface area contributed by atoms with Gasteiger partial charge in [-0.2, -0.15) is 0 Å². The molecular weight excluding hydrogens is 336 g/mol. The van der Waals surface area contributed by atoms with Crippen molar-refractivity contribution in [2.75, 3.05) is 5.32 Å². The highest BCUT2D eigenvalue weighted by Gasteiger charge is 2.15. The highest BCUT2D eigenvalue weighted by Crippen LogP contribution is 2.23. The second-order valence-electron chi connectivity index (χ2n) is 6.67. The number of rotatable bonds is 4. The maximum Gasteiger partial charge on any atom is 0.171 e. The van der Waals surface area contributed by atoms with Crippen molar-refractivity contribution in [1.82, 2.24) is 5.32 Å². The van der Waals surface area contributed by atoms with Gasteiger partial charge in [0.15, 0.2) is 5.11 Å². The van der Waals surface area contributed by atoms with Crippen LogP contribution in [0.4, 0.5) is 5.69 Å². The molecule has 3 heteroatoms. The van der Waals surface area contributed by atoms with Gasteiger partial charge in [-0.25, -0.2) is 0 Å². The van der Waals surface area contributed by atoms with E-state index in [0.717, 1.165) is 5.69 Å². The molecule has 0 spiro atoms. The predicted octanol–water partition coefficient (Wildman–Crippen LogP) is 5.69. The third kappa shape index (κ3) is 4.50. The molecule has 0 heterocycles. The molecule has 0 aliphatic rings. The summed E-state index contributed by atoms with van der Waals surface area (Å²) in [5.74, 6) is 0. The Labute approximate surface area is 161 Å². The molecule has 1 unspecified atom stereocenters. The SMILES string of the molecule is Cc1ccc(C(NC(=S)Nc2ccc(C)cc2C)c2ccccc2)cc1. The Morgan fingerprint density at radius 2 is 1.38 bits per heavy atom. The molecule has 3 aromatic carbocycles. The number of benzene rings is 3. The van der Waals surface area contributed by atoms with Gasteiger partial charge in [0.2, 0.25) is 0 Å². The molecule has 0 saturated heterocycles. The van der Waals surface area contributed by atoms with Crippen LogP contribution < -0.4 is 10.6 Å². The average molecular weight is 361 g/mol. The summed E-state index contributed by atoms with van der Waals surface area (Å²) in [5, 5.41) is 7.44. The standard InChI is InChI=1S/C23H24N2S/c1-16-9-12-20(13-10-16)22(19-7-5-4-6-8-19)25-23(26)24-21-14-11-17(2)15-18(21)3/h4-15,22H,1-3H3,(H2,24,25,26). The average Bonchev–Trinajstić information content (AvgIpc) is 2.64. The van der Waals surface area contributed by atoms with Crippen molar-refractivity contribution < 1.29 is 0 Å². The minimum Gasteiger partial charge on any atom is -0.352 e. The Morgan fingerprint density at radius 1 is 0.769 bits per heavy atom. The number of hydrogen-bond donors (Lipinski definition) is 2. The summed E-state index contributed by atoms with van der Waals surface area (Å²) in [7, 11) is 0. The van der Waals surface area contributed by atoms with Gasteiger partial charge in [0, 0.05) is 5.69 Å². The van der Waals surface area contributed by atoms with Gasteiger partial charge in [-0.1, -0.05) is 77.9 Å². The fourth-order valence-electron chi connectivity index (χ4n) is 3.01. The van der Waals surface area contributed by atoms with E-state index in [1.54, 1.807) is 0 Å². The van der Waals surface area contributed by atoms with Crippen LogP contribution in [0.5, 0.6) is 0 Å². The van der Waals surface area contributed by atoms with E-state index in [1.807, 2.05) is 6.07 Å². The van der Waals surface area contributed by atoms with E-state index in [4.69, 9.17) is 12.2 Å². The smallest absolute Gasteiger partial charge is 0.171 e. The van der Waals surface area contributed by atoms with Gasteiger partial charge < -0.3 is 10.6 Å². The summed E-state index contributed by atoms with van der Waals surface area (Å²) in [6, 6.07) is 25.3. The van der Waals surface area contributed by atoms with E-state index in [0.29, 0.717) is 5.11 Å². The first-order valence-corrected chi connectivity index (χ1v) is 9.20. The number of anilines is 1. The molecule has 0 fully saturated rings. The quantitative estimate of drug-likeness (QED) is 0.585. The molecule has 26 heavy (non-hydrogen) atoms. The Bertz CT molecular complexity index is 886. The van der Waals surface area contributed by atoms with Gasteiger partial charge in [-0.3, -0.25) is 0 Å². The lowest BCUT2D eigenvalue weighted by Gasteiger charge is -2.22. The van der Waals surface area contributed by atoms with E-state index in [-0.39, 0.29) is 6.04 Å². The fourth-order valence-corrected chi connectivity index (χ4v) is 3.23. The molecule has 0 radical (unpaired) electrons. The van der Waals surface area contributed by atoms with Gasteiger partial charge in [0.1, 0.15) is 0 Å². The third-order valence-corrected chi connectivity index (χ3v) is 4.67. The summed E-state index contributed by atoms with van der Waals surface area (Å²) in [4.78, 5) is 0. The zero-order valence-electron chi connectivity index (χ0n) is 15.4. The van der Waals surface area contributed by atoms with Gasteiger partial charge in [-0.15, -0.1) is 0 Å². The molecule has 0 amide bonds. The summed E-state index contributed by atoms with van der Waals surface area (Å²) in [5.41, 5.74) is 7.07. The first kappa shape index (κ1) is 18.2. The summed E-state index contributed by atoms with van der Waals surface area (Å²) >= 11 is 5.61. The zero-order valence-corrected chi connectivity index (χ0v) is 16.2. The lowest BCUT2D eigenvalue weighted by atomic mass is 9.98. The van der Waals surface area contributed by atoms with Gasteiger partial charge in [0.25, 0.3) is 0 Å². The highest BCUT2D eigenvalue weighted by atomic mass is 32.1. The number of nitrogens with one attached hydrogen (secondary N) is 2. The second kappa shape index (κ2) is 8.15. The molecular formula is C23H24N2S. The molecule has 3 aromatic rings. The summed E-state index contributed by atoms with van der Waals surface area (Å²) in [6.07, 6.45) is 0. The van der Waals surface area contributed by atoms with Crippen molar-refractivity contribution in [1.29, 1.82) is 0 Å². The lowest BCUT2D eigenvalue weighted by molar-refractivity contribution is 0.768. The maximum absolute atomic E-state index is 5.61. The fraction of sp³-hybridized carbons (Fsp3) is 0.174. The van der Waals surface area contributed by atoms with E-state index < -0.39 is 0 Å². The van der Waals surface area contributed by atoms with Crippen LogP contribution in [0.3, 0.4) is 0 Å². The normalized spacial score (nSPS) is 11.7. The van der Waals surface area contributed by atoms with Crippen molar-refractivity contribution in [3.8, 4) is 0 Å². The monoisotopic (exact) mass is 360 g/mol. The van der Waals surface area contributed by atoms with E-state index in [9.17, 15) is 0 Å².